The summed E-state index contributed by atoms with van der Waals surface area (Å²) < 4.78 is 36.2. The van der Waals surface area contributed by atoms with Gasteiger partial charge in [-0.25, -0.2) is 23.3 Å². The molecule has 2 aromatic carbocycles. The van der Waals surface area contributed by atoms with Crippen LogP contribution in [0.25, 0.3) is 11.2 Å². The summed E-state index contributed by atoms with van der Waals surface area (Å²) >= 11 is 0. The van der Waals surface area contributed by atoms with Gasteiger partial charge in [0.15, 0.2) is 29.0 Å². The van der Waals surface area contributed by atoms with Gasteiger partial charge in [0.05, 0.1) is 29.6 Å². The molecule has 6 atom stereocenters. The highest BCUT2D eigenvalue weighted by molar-refractivity contribution is 7.89. The molecule has 0 radical (unpaired) electrons. The van der Waals surface area contributed by atoms with Crippen molar-refractivity contribution in [3.8, 4) is 0 Å². The molecule has 2 amide bonds. The van der Waals surface area contributed by atoms with Crippen molar-refractivity contribution in [2.24, 2.45) is 5.14 Å². The Balaban J connectivity index is 1.14. The second kappa shape index (κ2) is 15.0. The average Bonchev–Trinajstić information content (AvgIpc) is 3.96. The summed E-state index contributed by atoms with van der Waals surface area (Å²) in [5, 5.41) is 50.7. The number of hydrogen-bond donors (Lipinski definition) is 7. The highest BCUT2D eigenvalue weighted by Crippen LogP contribution is 2.40. The molecule has 19 heteroatoms. The van der Waals surface area contributed by atoms with Crippen LogP contribution in [0.5, 0.6) is 0 Å². The number of nitrogens with one attached hydrogen (secondary N) is 3. The minimum atomic E-state index is -3.87. The number of nitrogens with two attached hydrogens (primary N) is 1. The van der Waals surface area contributed by atoms with Gasteiger partial charge in [-0.05, 0) is 49.1 Å². The van der Waals surface area contributed by atoms with Crippen LogP contribution in [0.2, 0.25) is 0 Å². The van der Waals surface area contributed by atoms with E-state index in [1.807, 2.05) is 42.2 Å². The van der Waals surface area contributed by atoms with Crippen LogP contribution in [-0.2, 0) is 27.6 Å². The molecule has 5 aromatic rings. The van der Waals surface area contributed by atoms with Gasteiger partial charge < -0.3 is 45.4 Å². The molecular formula is C34H40N10O8S. The zero-order valence-corrected chi connectivity index (χ0v) is 29.4. The number of benzene rings is 2. The first kappa shape index (κ1) is 36.2. The molecule has 53 heavy (non-hydrogen) atoms. The van der Waals surface area contributed by atoms with E-state index in [0.717, 1.165) is 5.56 Å². The van der Waals surface area contributed by atoms with E-state index < -0.39 is 46.6 Å². The molecule has 0 aliphatic carbocycles. The number of primary sulfonamides is 1. The fraction of sp³-hybridized carbons (Fsp3) is 0.382. The van der Waals surface area contributed by atoms with Crippen LogP contribution >= 0.6 is 0 Å². The third kappa shape index (κ3) is 7.80. The topological polar surface area (TPSA) is 256 Å². The van der Waals surface area contributed by atoms with Gasteiger partial charge >= 0.3 is 6.03 Å². The van der Waals surface area contributed by atoms with E-state index in [1.54, 1.807) is 6.07 Å². The first-order valence-corrected chi connectivity index (χ1v) is 18.6. The predicted octanol–water partition coefficient (Wildman–Crippen LogP) is 1.43. The SMILES string of the molecule is CCc1cc([C@H]2O[C@@H](n3cnc4c(N[C@H](CO)Cc5ccccc5)nc(N5CC[C@@H](NC(=O)Nc6ccc(S(N)(=O)=O)cc6)C5)nc43)[C@H](O)[C@@H]2O)on1. The van der Waals surface area contributed by atoms with Crippen LogP contribution in [0.1, 0.15) is 42.7 Å². The van der Waals surface area contributed by atoms with Crippen LogP contribution in [0.4, 0.5) is 22.2 Å². The lowest BCUT2D eigenvalue weighted by Gasteiger charge is -2.22. The number of aliphatic hydroxyl groups is 3. The number of imidazole rings is 1. The molecule has 2 saturated heterocycles. The molecule has 280 valence electrons. The molecular weight excluding hydrogens is 709 g/mol. The van der Waals surface area contributed by atoms with Crippen molar-refractivity contribution in [1.82, 2.24) is 30.0 Å². The molecule has 0 bridgehead atoms. The molecule has 7 rings (SSSR count). The molecule has 5 heterocycles. The second-order valence-electron chi connectivity index (χ2n) is 13.0. The summed E-state index contributed by atoms with van der Waals surface area (Å²) in [5.74, 6) is 0.918. The van der Waals surface area contributed by atoms with Gasteiger partial charge in [-0.3, -0.25) is 4.57 Å². The summed E-state index contributed by atoms with van der Waals surface area (Å²) in [7, 11) is -3.87. The van der Waals surface area contributed by atoms with Crippen LogP contribution < -0.4 is 26.0 Å². The van der Waals surface area contributed by atoms with E-state index in [9.17, 15) is 28.5 Å². The number of sulfonamides is 1. The summed E-state index contributed by atoms with van der Waals surface area (Å²) in [4.78, 5) is 28.9. The summed E-state index contributed by atoms with van der Waals surface area (Å²) in [6.07, 6.45) is -1.68. The molecule has 18 nitrogen and oxygen atoms in total. The standard InChI is InChI=1S/C34H40N10O8S/c1-2-20-15-25(52-42-20)29-27(46)28(47)32(51-29)44-18-36-26-30(37-23(17-45)14-19-6-4-3-5-7-19)40-33(41-31(26)44)43-13-12-22(16-43)39-34(48)38-21-8-10-24(11-9-21)53(35,49)50/h3-11,15,18,22-23,27-29,32,45-47H,2,12-14,16-17H2,1H3,(H2,35,49,50)(H,37,40,41)(H2,38,39,48)/t22-,23+,27+,28-,29-,32-/m1/s1. The number of aromatic nitrogens is 5. The normalized spacial score (nSPS) is 22.3. The number of carbonyl (C=O) groups excluding carboxylic acids is 1. The Bertz CT molecular complexity index is 2160. The first-order valence-electron chi connectivity index (χ1n) is 17.1. The largest absolute Gasteiger partial charge is 0.394 e. The van der Waals surface area contributed by atoms with E-state index in [0.29, 0.717) is 66.7 Å². The first-order chi connectivity index (χ1) is 25.5. The maximum absolute atomic E-state index is 12.9. The highest BCUT2D eigenvalue weighted by Gasteiger charge is 2.47. The third-order valence-electron chi connectivity index (χ3n) is 9.28. The minimum absolute atomic E-state index is 0.0715. The fourth-order valence-corrected chi connectivity index (χ4v) is 7.00. The molecule has 0 unspecified atom stereocenters. The zero-order chi connectivity index (χ0) is 37.3. The highest BCUT2D eigenvalue weighted by atomic mass is 32.2. The Morgan fingerprint density at radius 1 is 1.09 bits per heavy atom. The van der Waals surface area contributed by atoms with Gasteiger partial charge in [0.2, 0.25) is 16.0 Å². The van der Waals surface area contributed by atoms with Crippen molar-refractivity contribution < 1.29 is 37.8 Å². The van der Waals surface area contributed by atoms with E-state index in [4.69, 9.17) is 24.4 Å². The Kier molecular flexibility index (Phi) is 10.3. The van der Waals surface area contributed by atoms with Crippen molar-refractivity contribution in [1.29, 1.82) is 0 Å². The van der Waals surface area contributed by atoms with Crippen molar-refractivity contribution in [3.63, 3.8) is 0 Å². The maximum atomic E-state index is 12.9. The monoisotopic (exact) mass is 748 g/mol. The number of aryl methyl sites for hydroxylation is 1. The van der Waals surface area contributed by atoms with Crippen molar-refractivity contribution in [2.75, 3.05) is 35.2 Å². The summed E-state index contributed by atoms with van der Waals surface area (Å²) in [5.41, 5.74) is 2.72. The van der Waals surface area contributed by atoms with E-state index in [-0.39, 0.29) is 23.3 Å². The molecule has 0 spiro atoms. The number of carbonyl (C=O) groups is 1. The average molecular weight is 749 g/mol. The third-order valence-corrected chi connectivity index (χ3v) is 10.2. The zero-order valence-electron chi connectivity index (χ0n) is 28.6. The van der Waals surface area contributed by atoms with Gasteiger partial charge in [-0.2, -0.15) is 9.97 Å². The lowest BCUT2D eigenvalue weighted by molar-refractivity contribution is -0.0434. The number of rotatable bonds is 12. The van der Waals surface area contributed by atoms with Crippen LogP contribution in [-0.4, -0.2) is 98.4 Å². The van der Waals surface area contributed by atoms with Gasteiger partial charge in [-0.1, -0.05) is 42.4 Å². The van der Waals surface area contributed by atoms with Gasteiger partial charge in [0.25, 0.3) is 0 Å². The Morgan fingerprint density at radius 2 is 1.87 bits per heavy atom. The number of amides is 2. The van der Waals surface area contributed by atoms with Gasteiger partial charge in [0, 0.05) is 30.9 Å². The van der Waals surface area contributed by atoms with E-state index in [1.165, 1.54) is 35.2 Å². The number of urea groups is 1. The molecule has 8 N–H and O–H groups in total. The number of ether oxygens (including phenoxy) is 1. The number of hydrogen-bond acceptors (Lipinski definition) is 14. The van der Waals surface area contributed by atoms with Gasteiger partial charge in [-0.15, -0.1) is 0 Å². The van der Waals surface area contributed by atoms with Crippen LogP contribution in [0.3, 0.4) is 0 Å². The second-order valence-corrected chi connectivity index (χ2v) is 14.6. The molecule has 2 fully saturated rings. The van der Waals surface area contributed by atoms with E-state index >= 15 is 0 Å². The predicted molar refractivity (Wildman–Crippen MR) is 191 cm³/mol. The fourth-order valence-electron chi connectivity index (χ4n) is 6.48. The Labute approximate surface area is 304 Å². The maximum Gasteiger partial charge on any atom is 0.319 e. The van der Waals surface area contributed by atoms with Crippen molar-refractivity contribution in [2.45, 2.75) is 67.7 Å². The van der Waals surface area contributed by atoms with Crippen molar-refractivity contribution >= 4 is 44.7 Å². The van der Waals surface area contributed by atoms with Gasteiger partial charge in [0.1, 0.15) is 18.3 Å². The molecule has 3 aromatic heterocycles. The molecule has 2 aliphatic heterocycles. The number of fused-ring (bicyclic) bond motifs is 1. The smallest absolute Gasteiger partial charge is 0.319 e. The quantitative estimate of drug-likeness (QED) is 0.0953. The number of aliphatic hydroxyl groups excluding tert-OH is 3. The summed E-state index contributed by atoms with van der Waals surface area (Å²) in [6.45, 7) is 2.54. The Morgan fingerprint density at radius 3 is 2.57 bits per heavy atom. The lowest BCUT2D eigenvalue weighted by atomic mass is 10.1. The van der Waals surface area contributed by atoms with Crippen LogP contribution in [0, 0.1) is 0 Å². The lowest BCUT2D eigenvalue weighted by Crippen LogP contribution is -2.40. The number of nitrogens with zero attached hydrogens (tertiary/aromatic N) is 6. The van der Waals surface area contributed by atoms with E-state index in [2.05, 4.69) is 26.1 Å². The number of anilines is 3. The Hall–Kier alpha value is -5.18. The van der Waals surface area contributed by atoms with Crippen LogP contribution in [0.15, 0.2) is 76.4 Å². The summed E-state index contributed by atoms with van der Waals surface area (Å²) in [6, 6.07) is 15.6. The molecule has 2 aliphatic rings. The van der Waals surface area contributed by atoms with Crippen molar-refractivity contribution in [3.05, 3.63) is 84.0 Å². The minimum Gasteiger partial charge on any atom is -0.394 e. The molecule has 0 saturated carbocycles.